The molecule has 1 aliphatic rings. The molecule has 0 bridgehead atoms. The van der Waals surface area contributed by atoms with E-state index in [1.807, 2.05) is 24.3 Å². The Morgan fingerprint density at radius 3 is 2.80 bits per heavy atom. The van der Waals surface area contributed by atoms with Crippen LogP contribution in [-0.2, 0) is 10.0 Å². The lowest BCUT2D eigenvalue weighted by Crippen LogP contribution is -2.35. The first-order chi connectivity index (χ1) is 14.6. The van der Waals surface area contributed by atoms with Crippen LogP contribution in [0.25, 0.3) is 21.5 Å². The molecule has 8 nitrogen and oxygen atoms in total. The predicted octanol–water partition coefficient (Wildman–Crippen LogP) is 4.00. The Morgan fingerprint density at radius 2 is 1.93 bits per heavy atom. The van der Waals surface area contributed by atoms with E-state index in [1.165, 1.54) is 11.3 Å². The van der Waals surface area contributed by atoms with Gasteiger partial charge in [-0.2, -0.15) is 9.40 Å². The van der Waals surface area contributed by atoms with Gasteiger partial charge in [-0.25, -0.2) is 18.4 Å². The second-order valence-electron chi connectivity index (χ2n) is 7.15. The van der Waals surface area contributed by atoms with Gasteiger partial charge in [0.15, 0.2) is 0 Å². The van der Waals surface area contributed by atoms with E-state index in [0.717, 1.165) is 40.7 Å². The second kappa shape index (κ2) is 7.78. The Hall–Kier alpha value is -2.82. The lowest BCUT2D eigenvalue weighted by atomic mass is 10.2. The first-order valence-corrected chi connectivity index (χ1v) is 12.0. The summed E-state index contributed by atoms with van der Waals surface area (Å²) in [7, 11) is -3.44. The number of thiophene rings is 1. The summed E-state index contributed by atoms with van der Waals surface area (Å²) in [5.74, 6) is 0.448. The van der Waals surface area contributed by atoms with Crippen molar-refractivity contribution in [1.29, 1.82) is 0 Å². The number of hydrogen-bond acceptors (Lipinski definition) is 7. The van der Waals surface area contributed by atoms with Crippen LogP contribution in [0.4, 0.5) is 11.6 Å². The number of H-pyrrole nitrogens is 1. The Morgan fingerprint density at radius 1 is 1.07 bits per heavy atom. The molecule has 4 heterocycles. The molecule has 0 amide bonds. The number of rotatable bonds is 5. The van der Waals surface area contributed by atoms with E-state index in [4.69, 9.17) is 0 Å². The highest BCUT2D eigenvalue weighted by Gasteiger charge is 2.27. The molecule has 0 spiro atoms. The van der Waals surface area contributed by atoms with Gasteiger partial charge in [0.25, 0.3) is 10.0 Å². The number of aromatic nitrogens is 4. The fraction of sp³-hybridized carbons (Fsp3) is 0.250. The number of fused-ring (bicyclic) bond motifs is 1. The number of benzene rings is 1. The molecule has 1 aliphatic heterocycles. The summed E-state index contributed by atoms with van der Waals surface area (Å²) in [5, 5.41) is 11.1. The van der Waals surface area contributed by atoms with Crippen LogP contribution < -0.4 is 5.32 Å². The first-order valence-electron chi connectivity index (χ1n) is 9.73. The molecular weight excluding hydrogens is 420 g/mol. The molecule has 30 heavy (non-hydrogen) atoms. The molecule has 10 heteroatoms. The van der Waals surface area contributed by atoms with Gasteiger partial charge in [0, 0.05) is 30.4 Å². The number of anilines is 2. The Kier molecular flexibility index (Phi) is 4.97. The number of aromatic amines is 1. The summed E-state index contributed by atoms with van der Waals surface area (Å²) in [6.45, 7) is 1.19. The smallest absolute Gasteiger partial charge is 0.252 e. The van der Waals surface area contributed by atoms with E-state index in [1.54, 1.807) is 28.8 Å². The number of piperidine rings is 1. The summed E-state index contributed by atoms with van der Waals surface area (Å²) in [5.41, 5.74) is 2.49. The van der Waals surface area contributed by atoms with Gasteiger partial charge < -0.3 is 5.32 Å². The average Bonchev–Trinajstić information content (AvgIpc) is 3.44. The summed E-state index contributed by atoms with van der Waals surface area (Å²) < 4.78 is 27.8. The largest absolute Gasteiger partial charge is 0.324 e. The third kappa shape index (κ3) is 3.69. The van der Waals surface area contributed by atoms with Crippen LogP contribution in [0.2, 0.25) is 0 Å². The van der Waals surface area contributed by atoms with Crippen LogP contribution >= 0.6 is 11.3 Å². The van der Waals surface area contributed by atoms with Gasteiger partial charge >= 0.3 is 0 Å². The zero-order valence-corrected chi connectivity index (χ0v) is 17.7. The molecule has 0 atom stereocenters. The van der Waals surface area contributed by atoms with E-state index >= 15 is 0 Å². The average molecular weight is 441 g/mol. The molecule has 0 unspecified atom stereocenters. The standard InChI is InChI=1S/C20H20N6O2S2/c27-30(28,26-10-2-1-3-11-26)19-7-6-18(29-19)17-8-9-21-20(24-17)23-15-4-5-16-14(12-15)13-22-25-16/h4-9,12-13H,1-3,10-11H2,(H,22,25)(H,21,23,24). The minimum absolute atomic E-state index is 0.359. The van der Waals surface area contributed by atoms with Crippen molar-refractivity contribution >= 4 is 43.9 Å². The van der Waals surface area contributed by atoms with Crippen LogP contribution in [-0.4, -0.2) is 46.0 Å². The van der Waals surface area contributed by atoms with E-state index in [0.29, 0.717) is 28.9 Å². The summed E-state index contributed by atoms with van der Waals surface area (Å²) in [6, 6.07) is 11.1. The summed E-state index contributed by atoms with van der Waals surface area (Å²) >= 11 is 1.24. The highest BCUT2D eigenvalue weighted by atomic mass is 32.2. The minimum Gasteiger partial charge on any atom is -0.324 e. The molecule has 1 fully saturated rings. The monoisotopic (exact) mass is 440 g/mol. The highest BCUT2D eigenvalue weighted by Crippen LogP contribution is 2.32. The predicted molar refractivity (Wildman–Crippen MR) is 117 cm³/mol. The number of nitrogens with one attached hydrogen (secondary N) is 2. The fourth-order valence-electron chi connectivity index (χ4n) is 3.53. The second-order valence-corrected chi connectivity index (χ2v) is 10.4. The minimum atomic E-state index is -3.44. The Bertz CT molecular complexity index is 1290. The normalized spacial score (nSPS) is 15.5. The zero-order valence-electron chi connectivity index (χ0n) is 16.1. The molecule has 154 valence electrons. The molecule has 1 saturated heterocycles. The van der Waals surface area contributed by atoms with Crippen molar-refractivity contribution in [3.8, 4) is 10.6 Å². The van der Waals surface area contributed by atoms with Crippen molar-refractivity contribution < 1.29 is 8.42 Å². The Labute approximate surface area is 178 Å². The quantitative estimate of drug-likeness (QED) is 0.486. The van der Waals surface area contributed by atoms with Crippen LogP contribution in [0, 0.1) is 0 Å². The van der Waals surface area contributed by atoms with Crippen LogP contribution in [0.15, 0.2) is 53.0 Å². The lowest BCUT2D eigenvalue weighted by molar-refractivity contribution is 0.347. The maximum atomic E-state index is 12.9. The van der Waals surface area contributed by atoms with E-state index < -0.39 is 10.0 Å². The van der Waals surface area contributed by atoms with Gasteiger partial charge in [-0.05, 0) is 49.2 Å². The molecule has 0 radical (unpaired) electrons. The highest BCUT2D eigenvalue weighted by molar-refractivity contribution is 7.91. The molecule has 4 aromatic rings. The van der Waals surface area contributed by atoms with Crippen LogP contribution in [0.1, 0.15) is 19.3 Å². The third-order valence-corrected chi connectivity index (χ3v) is 8.57. The summed E-state index contributed by atoms with van der Waals surface area (Å²) in [4.78, 5) is 9.65. The lowest BCUT2D eigenvalue weighted by Gasteiger charge is -2.25. The molecule has 2 N–H and O–H groups in total. The maximum Gasteiger partial charge on any atom is 0.252 e. The van der Waals surface area contributed by atoms with Crippen LogP contribution in [0.5, 0.6) is 0 Å². The van der Waals surface area contributed by atoms with Crippen molar-refractivity contribution in [3.05, 3.63) is 48.8 Å². The number of nitrogens with zero attached hydrogens (tertiary/aromatic N) is 4. The van der Waals surface area contributed by atoms with Crippen molar-refractivity contribution in [2.24, 2.45) is 0 Å². The van der Waals surface area contributed by atoms with E-state index in [2.05, 4.69) is 25.5 Å². The SMILES string of the molecule is O=S(=O)(c1ccc(-c2ccnc(Nc3ccc4[nH]ncc4c3)n2)s1)N1CCCCC1. The van der Waals surface area contributed by atoms with Gasteiger partial charge in [-0.15, -0.1) is 11.3 Å². The molecular formula is C20H20N6O2S2. The summed E-state index contributed by atoms with van der Waals surface area (Å²) in [6.07, 6.45) is 6.35. The number of sulfonamides is 1. The van der Waals surface area contributed by atoms with Crippen molar-refractivity contribution in [3.63, 3.8) is 0 Å². The third-order valence-electron chi connectivity index (χ3n) is 5.09. The van der Waals surface area contributed by atoms with Gasteiger partial charge in [0.1, 0.15) is 4.21 Å². The molecule has 0 aliphatic carbocycles. The van der Waals surface area contributed by atoms with Gasteiger partial charge in [0.05, 0.1) is 22.3 Å². The molecule has 5 rings (SSSR count). The number of hydrogen-bond donors (Lipinski definition) is 2. The van der Waals surface area contributed by atoms with Crippen molar-refractivity contribution in [1.82, 2.24) is 24.5 Å². The van der Waals surface area contributed by atoms with Gasteiger partial charge in [-0.3, -0.25) is 5.10 Å². The van der Waals surface area contributed by atoms with Gasteiger partial charge in [-0.1, -0.05) is 6.42 Å². The van der Waals surface area contributed by atoms with Crippen molar-refractivity contribution in [2.75, 3.05) is 18.4 Å². The molecule has 1 aromatic carbocycles. The van der Waals surface area contributed by atoms with E-state index in [-0.39, 0.29) is 0 Å². The fourth-order valence-corrected chi connectivity index (χ4v) is 6.48. The van der Waals surface area contributed by atoms with Gasteiger partial charge in [0.2, 0.25) is 5.95 Å². The topological polar surface area (TPSA) is 104 Å². The zero-order chi connectivity index (χ0) is 20.6. The maximum absolute atomic E-state index is 12.9. The van der Waals surface area contributed by atoms with E-state index in [9.17, 15) is 8.42 Å². The Balaban J connectivity index is 1.39. The molecule has 3 aromatic heterocycles. The first kappa shape index (κ1) is 19.2. The van der Waals surface area contributed by atoms with Crippen molar-refractivity contribution in [2.45, 2.75) is 23.5 Å². The van der Waals surface area contributed by atoms with Crippen LogP contribution in [0.3, 0.4) is 0 Å². The molecule has 0 saturated carbocycles.